The molecule has 5 heteroatoms. The highest BCUT2D eigenvalue weighted by molar-refractivity contribution is 5.98. The van der Waals surface area contributed by atoms with Crippen molar-refractivity contribution in [3.8, 4) is 0 Å². The molecule has 1 saturated heterocycles. The van der Waals surface area contributed by atoms with Crippen LogP contribution in [0.2, 0.25) is 0 Å². The molecule has 86 valence electrons. The number of amides is 1. The molecule has 0 radical (unpaired) electrons. The molecule has 1 aromatic heterocycles. The molecule has 1 fully saturated rings. The minimum absolute atomic E-state index is 0.0459. The normalized spacial score (nSPS) is 19.7. The van der Waals surface area contributed by atoms with E-state index in [4.69, 9.17) is 10.5 Å². The van der Waals surface area contributed by atoms with Crippen LogP contribution in [0.15, 0.2) is 18.5 Å². The van der Waals surface area contributed by atoms with Crippen molar-refractivity contribution in [2.24, 2.45) is 0 Å². The summed E-state index contributed by atoms with van der Waals surface area (Å²) in [6, 6.07) is 1.72. The van der Waals surface area contributed by atoms with Gasteiger partial charge in [0.05, 0.1) is 17.6 Å². The Morgan fingerprint density at radius 2 is 2.50 bits per heavy atom. The van der Waals surface area contributed by atoms with Crippen LogP contribution in [0, 0.1) is 0 Å². The first-order valence-electron chi connectivity index (χ1n) is 5.29. The van der Waals surface area contributed by atoms with E-state index < -0.39 is 0 Å². The fraction of sp³-hybridized carbons (Fsp3) is 0.455. The van der Waals surface area contributed by atoms with Gasteiger partial charge in [0.15, 0.2) is 0 Å². The molecule has 1 amide bonds. The maximum absolute atomic E-state index is 12.0. The van der Waals surface area contributed by atoms with Crippen molar-refractivity contribution in [3.63, 3.8) is 0 Å². The zero-order valence-corrected chi connectivity index (χ0v) is 9.22. The van der Waals surface area contributed by atoms with Crippen molar-refractivity contribution < 1.29 is 9.53 Å². The van der Waals surface area contributed by atoms with E-state index in [0.29, 0.717) is 18.0 Å². The zero-order valence-electron chi connectivity index (χ0n) is 9.22. The van der Waals surface area contributed by atoms with Crippen LogP contribution in [0.4, 0.5) is 11.4 Å². The van der Waals surface area contributed by atoms with Crippen LogP contribution < -0.4 is 10.6 Å². The Morgan fingerprint density at radius 1 is 1.69 bits per heavy atom. The molecule has 2 heterocycles. The van der Waals surface area contributed by atoms with Gasteiger partial charge in [-0.1, -0.05) is 0 Å². The number of likely N-dealkylation sites (N-methyl/N-ethyl adjacent to an activating group) is 1. The summed E-state index contributed by atoms with van der Waals surface area (Å²) in [4.78, 5) is 17.4. The third-order valence-electron chi connectivity index (χ3n) is 2.72. The average Bonchev–Trinajstić information content (AvgIpc) is 2.81. The number of aromatic nitrogens is 1. The Kier molecular flexibility index (Phi) is 3.05. The van der Waals surface area contributed by atoms with Gasteiger partial charge in [0.1, 0.15) is 6.10 Å². The number of nitrogens with two attached hydrogens (primary N) is 1. The molecule has 1 aromatic rings. The summed E-state index contributed by atoms with van der Waals surface area (Å²) in [5, 5.41) is 0. The number of ether oxygens (including phenoxy) is 1. The van der Waals surface area contributed by atoms with Gasteiger partial charge in [-0.2, -0.15) is 0 Å². The van der Waals surface area contributed by atoms with E-state index in [1.807, 2.05) is 0 Å². The van der Waals surface area contributed by atoms with Crippen molar-refractivity contribution in [2.45, 2.75) is 18.9 Å². The number of rotatable bonds is 2. The molecule has 0 spiro atoms. The Hall–Kier alpha value is -1.62. The quantitative estimate of drug-likeness (QED) is 0.802. The van der Waals surface area contributed by atoms with E-state index in [9.17, 15) is 4.79 Å². The second-order valence-electron chi connectivity index (χ2n) is 3.83. The second kappa shape index (κ2) is 4.49. The van der Waals surface area contributed by atoms with Crippen LogP contribution in [0.1, 0.15) is 12.8 Å². The van der Waals surface area contributed by atoms with E-state index in [2.05, 4.69) is 4.98 Å². The van der Waals surface area contributed by atoms with Crippen LogP contribution in [0.5, 0.6) is 0 Å². The number of nitrogens with zero attached hydrogens (tertiary/aromatic N) is 2. The molecule has 2 rings (SSSR count). The maximum atomic E-state index is 12.0. The summed E-state index contributed by atoms with van der Waals surface area (Å²) in [5.74, 6) is -0.0459. The minimum atomic E-state index is -0.322. The van der Waals surface area contributed by atoms with Gasteiger partial charge in [-0.25, -0.2) is 0 Å². The molecule has 0 aliphatic carbocycles. The molecule has 0 saturated carbocycles. The highest BCUT2D eigenvalue weighted by atomic mass is 16.5. The lowest BCUT2D eigenvalue weighted by Crippen LogP contribution is -2.36. The van der Waals surface area contributed by atoms with E-state index >= 15 is 0 Å². The summed E-state index contributed by atoms with van der Waals surface area (Å²) in [6.07, 6.45) is 4.56. The standard InChI is InChI=1S/C11H15N3O2/c1-14(9-4-5-13-7-8(9)12)11(15)10-3-2-6-16-10/h4-5,7,10H,2-3,6,12H2,1H3. The molecular weight excluding hydrogens is 206 g/mol. The lowest BCUT2D eigenvalue weighted by atomic mass is 10.2. The molecule has 1 atom stereocenters. The summed E-state index contributed by atoms with van der Waals surface area (Å²) in [5.41, 5.74) is 6.93. The molecule has 5 nitrogen and oxygen atoms in total. The second-order valence-corrected chi connectivity index (χ2v) is 3.83. The van der Waals surface area contributed by atoms with Crippen molar-refractivity contribution >= 4 is 17.3 Å². The average molecular weight is 221 g/mol. The molecule has 1 aliphatic rings. The predicted octanol–water partition coefficient (Wildman–Crippen LogP) is 0.806. The van der Waals surface area contributed by atoms with Gasteiger partial charge >= 0.3 is 0 Å². The SMILES string of the molecule is CN(C(=O)C1CCCO1)c1ccncc1N. The first-order chi connectivity index (χ1) is 7.70. The van der Waals surface area contributed by atoms with Crippen molar-refractivity contribution in [1.29, 1.82) is 0 Å². The largest absolute Gasteiger partial charge is 0.396 e. The van der Waals surface area contributed by atoms with Gasteiger partial charge in [-0.15, -0.1) is 0 Å². The van der Waals surface area contributed by atoms with Crippen molar-refractivity contribution in [3.05, 3.63) is 18.5 Å². The Morgan fingerprint density at radius 3 is 3.12 bits per heavy atom. The lowest BCUT2D eigenvalue weighted by Gasteiger charge is -2.21. The highest BCUT2D eigenvalue weighted by Gasteiger charge is 2.27. The Bertz CT molecular complexity index is 389. The summed E-state index contributed by atoms with van der Waals surface area (Å²) >= 11 is 0. The van der Waals surface area contributed by atoms with Gasteiger partial charge < -0.3 is 15.4 Å². The first kappa shape index (κ1) is 10.9. The molecule has 1 aliphatic heterocycles. The van der Waals surface area contributed by atoms with Crippen LogP contribution in [0.3, 0.4) is 0 Å². The topological polar surface area (TPSA) is 68.5 Å². The number of carbonyl (C=O) groups is 1. The Labute approximate surface area is 94.2 Å². The molecule has 2 N–H and O–H groups in total. The number of hydrogen-bond donors (Lipinski definition) is 1. The third-order valence-corrected chi connectivity index (χ3v) is 2.72. The van der Waals surface area contributed by atoms with Gasteiger partial charge in [-0.05, 0) is 18.9 Å². The van der Waals surface area contributed by atoms with Crippen LogP contribution in [-0.2, 0) is 9.53 Å². The minimum Gasteiger partial charge on any atom is -0.396 e. The van der Waals surface area contributed by atoms with Crippen LogP contribution in [0.25, 0.3) is 0 Å². The number of nitrogen functional groups attached to an aromatic ring is 1. The monoisotopic (exact) mass is 221 g/mol. The molecule has 0 aromatic carbocycles. The highest BCUT2D eigenvalue weighted by Crippen LogP contribution is 2.23. The number of anilines is 2. The molecule has 0 bridgehead atoms. The number of hydrogen-bond acceptors (Lipinski definition) is 4. The van der Waals surface area contributed by atoms with Crippen LogP contribution in [-0.4, -0.2) is 30.6 Å². The molecular formula is C11H15N3O2. The number of pyridine rings is 1. The smallest absolute Gasteiger partial charge is 0.255 e. The van der Waals surface area contributed by atoms with Crippen molar-refractivity contribution in [2.75, 3.05) is 24.3 Å². The zero-order chi connectivity index (χ0) is 11.5. The van der Waals surface area contributed by atoms with Gasteiger partial charge in [0.25, 0.3) is 5.91 Å². The summed E-state index contributed by atoms with van der Waals surface area (Å²) in [6.45, 7) is 0.663. The first-order valence-corrected chi connectivity index (χ1v) is 5.29. The number of carbonyl (C=O) groups excluding carboxylic acids is 1. The fourth-order valence-corrected chi connectivity index (χ4v) is 1.81. The maximum Gasteiger partial charge on any atom is 0.255 e. The lowest BCUT2D eigenvalue weighted by molar-refractivity contribution is -0.127. The Balaban J connectivity index is 2.15. The van der Waals surface area contributed by atoms with E-state index in [-0.39, 0.29) is 12.0 Å². The van der Waals surface area contributed by atoms with Gasteiger partial charge in [0, 0.05) is 19.9 Å². The summed E-state index contributed by atoms with van der Waals surface area (Å²) < 4.78 is 5.35. The van der Waals surface area contributed by atoms with Crippen LogP contribution >= 0.6 is 0 Å². The predicted molar refractivity (Wildman–Crippen MR) is 61.0 cm³/mol. The molecule has 1 unspecified atom stereocenters. The van der Waals surface area contributed by atoms with Crippen molar-refractivity contribution in [1.82, 2.24) is 4.98 Å². The van der Waals surface area contributed by atoms with E-state index in [1.54, 1.807) is 19.3 Å². The fourth-order valence-electron chi connectivity index (χ4n) is 1.81. The van der Waals surface area contributed by atoms with E-state index in [0.717, 1.165) is 12.8 Å². The van der Waals surface area contributed by atoms with E-state index in [1.165, 1.54) is 11.1 Å². The third kappa shape index (κ3) is 1.99. The summed E-state index contributed by atoms with van der Waals surface area (Å²) in [7, 11) is 1.70. The van der Waals surface area contributed by atoms with Gasteiger partial charge in [0.2, 0.25) is 0 Å². The molecule has 16 heavy (non-hydrogen) atoms. The van der Waals surface area contributed by atoms with Gasteiger partial charge in [-0.3, -0.25) is 9.78 Å².